The van der Waals surface area contributed by atoms with E-state index >= 15 is 0 Å². The Kier molecular flexibility index (Phi) is 3.92. The number of ether oxygens (including phenoxy) is 1. The highest BCUT2D eigenvalue weighted by Crippen LogP contribution is 2.34. The lowest BCUT2D eigenvalue weighted by Gasteiger charge is -2.30. The van der Waals surface area contributed by atoms with Crippen LogP contribution in [0.5, 0.6) is 5.75 Å². The van der Waals surface area contributed by atoms with Crippen LogP contribution in [0.4, 0.5) is 20.2 Å². The maximum Gasteiger partial charge on any atom is 0.267 e. The number of amides is 2. The van der Waals surface area contributed by atoms with Crippen molar-refractivity contribution in [3.63, 3.8) is 0 Å². The van der Waals surface area contributed by atoms with Gasteiger partial charge in [-0.3, -0.25) is 9.59 Å². The number of fused-ring (bicyclic) bond motifs is 1. The molecule has 124 valence electrons. The van der Waals surface area contributed by atoms with Crippen molar-refractivity contribution in [3.05, 3.63) is 53.6 Å². The summed E-state index contributed by atoms with van der Waals surface area (Å²) in [5.41, 5.74) is 0.649. The van der Waals surface area contributed by atoms with Crippen LogP contribution >= 0.6 is 0 Å². The van der Waals surface area contributed by atoms with Crippen molar-refractivity contribution in [2.75, 3.05) is 17.3 Å². The fourth-order valence-electron chi connectivity index (χ4n) is 2.44. The lowest BCUT2D eigenvalue weighted by Crippen LogP contribution is -2.42. The van der Waals surface area contributed by atoms with Gasteiger partial charge in [-0.25, -0.2) is 8.78 Å². The summed E-state index contributed by atoms with van der Waals surface area (Å²) in [7, 11) is 1.62. The van der Waals surface area contributed by atoms with E-state index in [4.69, 9.17) is 4.74 Å². The molecule has 2 aromatic rings. The van der Waals surface area contributed by atoms with E-state index in [9.17, 15) is 18.4 Å². The van der Waals surface area contributed by atoms with E-state index in [0.717, 1.165) is 12.1 Å². The van der Waals surface area contributed by atoms with E-state index in [2.05, 4.69) is 5.32 Å². The van der Waals surface area contributed by atoms with Crippen LogP contribution in [0.1, 0.15) is 17.3 Å². The van der Waals surface area contributed by atoms with Gasteiger partial charge < -0.3 is 15.0 Å². The molecule has 7 heteroatoms. The Bertz CT molecular complexity index is 839. The molecule has 0 bridgehead atoms. The van der Waals surface area contributed by atoms with Crippen LogP contribution < -0.4 is 15.0 Å². The molecule has 3 rings (SSSR count). The molecular weight excluding hydrogens is 318 g/mol. The average molecular weight is 332 g/mol. The largest absolute Gasteiger partial charge is 0.479 e. The van der Waals surface area contributed by atoms with Gasteiger partial charge in [-0.15, -0.1) is 0 Å². The Balaban J connectivity index is 1.86. The molecule has 5 nitrogen and oxygen atoms in total. The van der Waals surface area contributed by atoms with E-state index in [1.165, 1.54) is 17.0 Å². The Morgan fingerprint density at radius 1 is 1.21 bits per heavy atom. The third-order valence-electron chi connectivity index (χ3n) is 3.74. The number of halogens is 2. The summed E-state index contributed by atoms with van der Waals surface area (Å²) in [4.78, 5) is 25.6. The van der Waals surface area contributed by atoms with Crippen LogP contribution in [0, 0.1) is 11.6 Å². The van der Waals surface area contributed by atoms with Crippen molar-refractivity contribution in [1.82, 2.24) is 0 Å². The molecule has 1 aliphatic rings. The number of nitrogens with one attached hydrogen (secondary N) is 1. The zero-order chi connectivity index (χ0) is 17.4. The number of nitrogens with zero attached hydrogens (tertiary/aromatic N) is 1. The number of benzene rings is 2. The summed E-state index contributed by atoms with van der Waals surface area (Å²) in [6.45, 7) is 1.61. The first-order chi connectivity index (χ1) is 11.4. The summed E-state index contributed by atoms with van der Waals surface area (Å²) in [6.07, 6.45) is -0.657. The highest BCUT2D eigenvalue weighted by Gasteiger charge is 2.29. The third kappa shape index (κ3) is 2.80. The van der Waals surface area contributed by atoms with Gasteiger partial charge in [-0.2, -0.15) is 0 Å². The fourth-order valence-corrected chi connectivity index (χ4v) is 2.44. The molecule has 2 amide bonds. The van der Waals surface area contributed by atoms with Crippen molar-refractivity contribution in [2.24, 2.45) is 0 Å². The smallest absolute Gasteiger partial charge is 0.267 e. The van der Waals surface area contributed by atoms with E-state index in [1.54, 1.807) is 20.0 Å². The molecular formula is C17H14F2N2O3. The Morgan fingerprint density at radius 2 is 1.96 bits per heavy atom. The van der Waals surface area contributed by atoms with E-state index < -0.39 is 23.6 Å². The lowest BCUT2D eigenvalue weighted by molar-refractivity contribution is -0.125. The molecule has 1 aliphatic heterocycles. The molecule has 1 heterocycles. The SMILES string of the molecule is CC1Oc2cc(C(=O)Nc3ccc(F)cc3F)ccc2N(C)C1=O. The highest BCUT2D eigenvalue weighted by molar-refractivity contribution is 6.06. The van der Waals surface area contributed by atoms with Gasteiger partial charge in [0.2, 0.25) is 0 Å². The molecule has 0 saturated carbocycles. The predicted molar refractivity (Wildman–Crippen MR) is 84.3 cm³/mol. The third-order valence-corrected chi connectivity index (χ3v) is 3.74. The van der Waals surface area contributed by atoms with Crippen molar-refractivity contribution < 1.29 is 23.1 Å². The number of likely N-dealkylation sites (N-methyl/N-ethyl adjacent to an activating group) is 1. The van der Waals surface area contributed by atoms with Crippen LogP contribution in [-0.4, -0.2) is 25.0 Å². The molecule has 0 spiro atoms. The maximum absolute atomic E-state index is 13.6. The molecule has 0 aromatic heterocycles. The van der Waals surface area contributed by atoms with Gasteiger partial charge in [-0.1, -0.05) is 0 Å². The number of rotatable bonds is 2. The van der Waals surface area contributed by atoms with Crippen LogP contribution in [0.25, 0.3) is 0 Å². The molecule has 1 N–H and O–H groups in total. The monoisotopic (exact) mass is 332 g/mol. The molecule has 0 aliphatic carbocycles. The summed E-state index contributed by atoms with van der Waals surface area (Å²) in [5, 5.41) is 2.38. The molecule has 0 fully saturated rings. The first-order valence-corrected chi connectivity index (χ1v) is 7.21. The van der Waals surface area contributed by atoms with Crippen LogP contribution in [-0.2, 0) is 4.79 Å². The molecule has 2 aromatic carbocycles. The minimum absolute atomic E-state index is 0.124. The van der Waals surface area contributed by atoms with Crippen LogP contribution in [0.3, 0.4) is 0 Å². The normalized spacial score (nSPS) is 16.4. The first kappa shape index (κ1) is 15.9. The van der Waals surface area contributed by atoms with Crippen molar-refractivity contribution in [1.29, 1.82) is 0 Å². The molecule has 24 heavy (non-hydrogen) atoms. The maximum atomic E-state index is 13.6. The minimum Gasteiger partial charge on any atom is -0.479 e. The lowest BCUT2D eigenvalue weighted by atomic mass is 10.1. The number of carbonyl (C=O) groups excluding carboxylic acids is 2. The van der Waals surface area contributed by atoms with Gasteiger partial charge in [0.1, 0.15) is 17.4 Å². The van der Waals surface area contributed by atoms with Gasteiger partial charge in [0, 0.05) is 18.7 Å². The summed E-state index contributed by atoms with van der Waals surface area (Å²) in [5.74, 6) is -1.96. The van der Waals surface area contributed by atoms with Crippen molar-refractivity contribution in [3.8, 4) is 5.75 Å². The average Bonchev–Trinajstić information content (AvgIpc) is 2.54. The molecule has 0 saturated heterocycles. The Hall–Kier alpha value is -2.96. The van der Waals surface area contributed by atoms with E-state index in [1.807, 2.05) is 0 Å². The highest BCUT2D eigenvalue weighted by atomic mass is 19.1. The second-order valence-electron chi connectivity index (χ2n) is 5.42. The standard InChI is InChI=1S/C17H14F2N2O3/c1-9-17(23)21(2)14-6-3-10(7-15(14)24-9)16(22)20-13-5-4-11(18)8-12(13)19/h3-9H,1-2H3,(H,20,22). The molecule has 1 unspecified atom stereocenters. The second-order valence-corrected chi connectivity index (χ2v) is 5.42. The summed E-state index contributed by atoms with van der Waals surface area (Å²) in [6, 6.07) is 7.44. The second kappa shape index (κ2) is 5.92. The predicted octanol–water partition coefficient (Wildman–Crippen LogP) is 2.96. The van der Waals surface area contributed by atoms with Crippen molar-refractivity contribution >= 4 is 23.2 Å². The number of hydrogen-bond acceptors (Lipinski definition) is 3. The van der Waals surface area contributed by atoms with Gasteiger partial charge in [0.25, 0.3) is 11.8 Å². The first-order valence-electron chi connectivity index (χ1n) is 7.21. The van der Waals surface area contributed by atoms with Gasteiger partial charge in [0.05, 0.1) is 11.4 Å². The van der Waals surface area contributed by atoms with E-state index in [-0.39, 0.29) is 17.2 Å². The fraction of sp³-hybridized carbons (Fsp3) is 0.176. The quantitative estimate of drug-likeness (QED) is 0.920. The molecule has 1 atom stereocenters. The van der Waals surface area contributed by atoms with Crippen LogP contribution in [0.2, 0.25) is 0 Å². The van der Waals surface area contributed by atoms with Crippen molar-refractivity contribution in [2.45, 2.75) is 13.0 Å². The number of carbonyl (C=O) groups is 2. The number of anilines is 2. The zero-order valence-corrected chi connectivity index (χ0v) is 13.0. The van der Waals surface area contributed by atoms with Crippen LogP contribution in [0.15, 0.2) is 36.4 Å². The molecule has 0 radical (unpaired) electrons. The topological polar surface area (TPSA) is 58.6 Å². The summed E-state index contributed by atoms with van der Waals surface area (Å²) >= 11 is 0. The zero-order valence-electron chi connectivity index (χ0n) is 13.0. The summed E-state index contributed by atoms with van der Waals surface area (Å²) < 4.78 is 32.0. The Labute approximate surface area is 136 Å². The van der Waals surface area contributed by atoms with Gasteiger partial charge >= 0.3 is 0 Å². The number of hydrogen-bond donors (Lipinski definition) is 1. The Morgan fingerprint density at radius 3 is 2.67 bits per heavy atom. The minimum atomic E-state index is -0.864. The van der Waals surface area contributed by atoms with Gasteiger partial charge in [0.15, 0.2) is 6.10 Å². The van der Waals surface area contributed by atoms with E-state index in [0.29, 0.717) is 17.5 Å². The van der Waals surface area contributed by atoms with Gasteiger partial charge in [-0.05, 0) is 37.3 Å².